The average molecular weight is 271 g/mol. The number of pyridine rings is 2. The molecule has 0 aliphatic rings. The lowest BCUT2D eigenvalue weighted by molar-refractivity contribution is 0.278. The van der Waals surface area contributed by atoms with E-state index in [1.165, 1.54) is 0 Å². The molecule has 4 heteroatoms. The number of rotatable bonds is 2. The van der Waals surface area contributed by atoms with Crippen LogP contribution in [0, 0.1) is 0 Å². The molecule has 0 fully saturated rings. The third kappa shape index (κ3) is 2.18. The first-order valence-electron chi connectivity index (χ1n) is 5.90. The topological polar surface area (TPSA) is 46.0 Å². The molecule has 0 radical (unpaired) electrons. The van der Waals surface area contributed by atoms with Crippen molar-refractivity contribution in [3.8, 4) is 11.1 Å². The van der Waals surface area contributed by atoms with Gasteiger partial charge >= 0.3 is 0 Å². The van der Waals surface area contributed by atoms with E-state index in [1.54, 1.807) is 12.3 Å². The number of nitrogens with zero attached hydrogens (tertiary/aromatic N) is 2. The molecule has 1 aromatic carbocycles. The molecule has 0 saturated heterocycles. The Kier molecular flexibility index (Phi) is 3.15. The Morgan fingerprint density at radius 1 is 1.11 bits per heavy atom. The van der Waals surface area contributed by atoms with Gasteiger partial charge in [-0.25, -0.2) is 4.98 Å². The summed E-state index contributed by atoms with van der Waals surface area (Å²) < 4.78 is 0. The molecule has 0 unspecified atom stereocenters. The number of aliphatic hydroxyl groups is 1. The van der Waals surface area contributed by atoms with Crippen LogP contribution in [0.15, 0.2) is 48.7 Å². The molecule has 0 aliphatic heterocycles. The Morgan fingerprint density at radius 3 is 2.63 bits per heavy atom. The Morgan fingerprint density at radius 2 is 1.89 bits per heavy atom. The molecular formula is C15H11ClN2O. The molecule has 3 nitrogen and oxygen atoms in total. The van der Waals surface area contributed by atoms with E-state index in [-0.39, 0.29) is 6.61 Å². The molecule has 0 amide bonds. The number of aromatic nitrogens is 2. The van der Waals surface area contributed by atoms with Crippen LogP contribution >= 0.6 is 11.6 Å². The molecule has 3 aromatic rings. The third-order valence-corrected chi connectivity index (χ3v) is 3.30. The van der Waals surface area contributed by atoms with Crippen LogP contribution in [0.2, 0.25) is 5.15 Å². The van der Waals surface area contributed by atoms with Gasteiger partial charge in [-0.15, -0.1) is 0 Å². The fraction of sp³-hybridized carbons (Fsp3) is 0.0667. The minimum absolute atomic E-state index is 0.116. The second-order valence-corrected chi connectivity index (χ2v) is 4.53. The lowest BCUT2D eigenvalue weighted by Gasteiger charge is -2.08. The van der Waals surface area contributed by atoms with Gasteiger partial charge in [0.15, 0.2) is 0 Å². The zero-order chi connectivity index (χ0) is 13.2. The van der Waals surface area contributed by atoms with E-state index in [0.29, 0.717) is 10.8 Å². The highest BCUT2D eigenvalue weighted by Crippen LogP contribution is 2.30. The summed E-state index contributed by atoms with van der Waals surface area (Å²) in [7, 11) is 0. The Hall–Kier alpha value is -1.97. The summed E-state index contributed by atoms with van der Waals surface area (Å²) in [5.41, 5.74) is 3.19. The molecule has 94 valence electrons. The van der Waals surface area contributed by atoms with Crippen LogP contribution < -0.4 is 0 Å². The number of hydrogen-bond acceptors (Lipinski definition) is 3. The second-order valence-electron chi connectivity index (χ2n) is 4.18. The number of fused-ring (bicyclic) bond motifs is 1. The van der Waals surface area contributed by atoms with E-state index < -0.39 is 0 Å². The van der Waals surface area contributed by atoms with Crippen molar-refractivity contribution in [3.63, 3.8) is 0 Å². The minimum atomic E-state index is -0.116. The van der Waals surface area contributed by atoms with Crippen molar-refractivity contribution >= 4 is 22.5 Å². The van der Waals surface area contributed by atoms with Crippen LogP contribution in [0.4, 0.5) is 0 Å². The van der Waals surface area contributed by atoms with Gasteiger partial charge in [0.1, 0.15) is 5.15 Å². The Balaban J connectivity index is 2.29. The van der Waals surface area contributed by atoms with Crippen molar-refractivity contribution < 1.29 is 5.11 Å². The van der Waals surface area contributed by atoms with Gasteiger partial charge in [-0.1, -0.05) is 41.9 Å². The zero-order valence-corrected chi connectivity index (χ0v) is 10.8. The average Bonchev–Trinajstić information content (AvgIpc) is 2.46. The lowest BCUT2D eigenvalue weighted by Crippen LogP contribution is -1.94. The second kappa shape index (κ2) is 4.96. The van der Waals surface area contributed by atoms with Gasteiger partial charge in [-0.3, -0.25) is 4.98 Å². The quantitative estimate of drug-likeness (QED) is 0.726. The smallest absolute Gasteiger partial charge is 0.137 e. The van der Waals surface area contributed by atoms with Gasteiger partial charge in [0.2, 0.25) is 0 Å². The van der Waals surface area contributed by atoms with Gasteiger partial charge < -0.3 is 5.11 Å². The van der Waals surface area contributed by atoms with Crippen LogP contribution in [0.1, 0.15) is 5.69 Å². The molecule has 3 rings (SSSR count). The third-order valence-electron chi connectivity index (χ3n) is 3.01. The van der Waals surface area contributed by atoms with E-state index in [1.807, 2.05) is 36.4 Å². The van der Waals surface area contributed by atoms with Crippen molar-refractivity contribution in [3.05, 3.63) is 59.5 Å². The summed E-state index contributed by atoms with van der Waals surface area (Å²) in [6, 6.07) is 13.5. The fourth-order valence-corrected chi connectivity index (χ4v) is 2.33. The minimum Gasteiger partial charge on any atom is -0.390 e. The highest BCUT2D eigenvalue weighted by molar-refractivity contribution is 6.32. The molecule has 1 N–H and O–H groups in total. The zero-order valence-electron chi connectivity index (χ0n) is 10.0. The number of aliphatic hydroxyl groups excluding tert-OH is 1. The van der Waals surface area contributed by atoms with E-state index in [2.05, 4.69) is 9.97 Å². The van der Waals surface area contributed by atoms with Crippen LogP contribution in [-0.4, -0.2) is 15.1 Å². The SMILES string of the molecule is OCc1nccc2nc(Cl)c(-c3ccccc3)cc12. The van der Waals surface area contributed by atoms with Crippen molar-refractivity contribution in [2.45, 2.75) is 6.61 Å². The predicted octanol–water partition coefficient (Wildman–Crippen LogP) is 3.44. The molecule has 0 aliphatic carbocycles. The van der Waals surface area contributed by atoms with E-state index in [0.717, 1.165) is 22.0 Å². The highest BCUT2D eigenvalue weighted by atomic mass is 35.5. The molecule has 2 heterocycles. The first-order valence-corrected chi connectivity index (χ1v) is 6.28. The Bertz CT molecular complexity index is 729. The van der Waals surface area contributed by atoms with Gasteiger partial charge in [-0.2, -0.15) is 0 Å². The highest BCUT2D eigenvalue weighted by Gasteiger charge is 2.09. The van der Waals surface area contributed by atoms with Crippen molar-refractivity contribution in [1.82, 2.24) is 9.97 Å². The number of hydrogen-bond donors (Lipinski definition) is 1. The maximum Gasteiger partial charge on any atom is 0.137 e. The summed E-state index contributed by atoms with van der Waals surface area (Å²) >= 11 is 6.24. The summed E-state index contributed by atoms with van der Waals surface area (Å²) in [6.07, 6.45) is 1.62. The van der Waals surface area contributed by atoms with Gasteiger partial charge in [0.05, 0.1) is 17.8 Å². The summed E-state index contributed by atoms with van der Waals surface area (Å²) in [4.78, 5) is 8.53. The Labute approximate surface area is 115 Å². The normalized spacial score (nSPS) is 10.8. The predicted molar refractivity (Wildman–Crippen MR) is 75.9 cm³/mol. The van der Waals surface area contributed by atoms with Crippen LogP contribution in [0.5, 0.6) is 0 Å². The molecule has 0 atom stereocenters. The molecule has 0 bridgehead atoms. The van der Waals surface area contributed by atoms with Crippen molar-refractivity contribution in [2.24, 2.45) is 0 Å². The van der Waals surface area contributed by atoms with Crippen molar-refractivity contribution in [1.29, 1.82) is 0 Å². The first-order chi connectivity index (χ1) is 9.29. The fourth-order valence-electron chi connectivity index (χ4n) is 2.08. The van der Waals surface area contributed by atoms with Gasteiger partial charge in [0.25, 0.3) is 0 Å². The van der Waals surface area contributed by atoms with Crippen LogP contribution in [0.3, 0.4) is 0 Å². The molecule has 0 saturated carbocycles. The standard InChI is InChI=1S/C15H11ClN2O/c16-15-11(10-4-2-1-3-5-10)8-12-13(18-15)6-7-17-14(12)9-19/h1-8,19H,9H2. The summed E-state index contributed by atoms with van der Waals surface area (Å²) in [5.74, 6) is 0. The molecular weight excluding hydrogens is 260 g/mol. The van der Waals surface area contributed by atoms with Crippen LogP contribution in [0.25, 0.3) is 22.0 Å². The van der Waals surface area contributed by atoms with Gasteiger partial charge in [-0.05, 0) is 17.7 Å². The number of benzene rings is 1. The molecule has 2 aromatic heterocycles. The van der Waals surface area contributed by atoms with Gasteiger partial charge in [0, 0.05) is 17.1 Å². The van der Waals surface area contributed by atoms with E-state index >= 15 is 0 Å². The van der Waals surface area contributed by atoms with Crippen LogP contribution in [-0.2, 0) is 6.61 Å². The largest absolute Gasteiger partial charge is 0.390 e. The monoisotopic (exact) mass is 270 g/mol. The molecule has 0 spiro atoms. The van der Waals surface area contributed by atoms with E-state index in [9.17, 15) is 5.11 Å². The lowest BCUT2D eigenvalue weighted by atomic mass is 10.1. The maximum absolute atomic E-state index is 9.34. The van der Waals surface area contributed by atoms with Crippen molar-refractivity contribution in [2.75, 3.05) is 0 Å². The number of halogens is 1. The maximum atomic E-state index is 9.34. The summed E-state index contributed by atoms with van der Waals surface area (Å²) in [5, 5.41) is 10.6. The summed E-state index contributed by atoms with van der Waals surface area (Å²) in [6.45, 7) is -0.116. The molecule has 19 heavy (non-hydrogen) atoms. The van der Waals surface area contributed by atoms with E-state index in [4.69, 9.17) is 11.6 Å². The first kappa shape index (κ1) is 12.1.